The minimum absolute atomic E-state index is 0.564. The molecule has 0 radical (unpaired) electrons. The van der Waals surface area contributed by atoms with E-state index in [2.05, 4.69) is 4.36 Å². The molecular weight excluding hydrogens is 351 g/mol. The number of allylic oxidation sites excluding steroid dienone is 2. The number of benzene rings is 1. The van der Waals surface area contributed by atoms with Gasteiger partial charge in [-0.25, -0.2) is 0 Å². The first kappa shape index (κ1) is 17.0. The molecular formula is C19H18BF2N3S. The van der Waals surface area contributed by atoms with Crippen molar-refractivity contribution in [2.24, 2.45) is 4.36 Å². The third-order valence-corrected chi connectivity index (χ3v) is 5.41. The molecule has 3 heterocycles. The van der Waals surface area contributed by atoms with Crippen molar-refractivity contribution < 1.29 is 13.1 Å². The van der Waals surface area contributed by atoms with Gasteiger partial charge in [-0.2, -0.15) is 4.36 Å². The Morgan fingerprint density at radius 2 is 1.73 bits per heavy atom. The molecule has 0 spiro atoms. The molecule has 0 unspecified atom stereocenters. The van der Waals surface area contributed by atoms with Crippen LogP contribution in [0.15, 0.2) is 52.0 Å². The van der Waals surface area contributed by atoms with E-state index in [0.717, 1.165) is 22.3 Å². The monoisotopic (exact) mass is 369 g/mol. The number of fused-ring (bicyclic) bond motifs is 2. The number of aryl methyl sites for hydroxylation is 2. The Balaban J connectivity index is 2.13. The van der Waals surface area contributed by atoms with Gasteiger partial charge in [-0.1, -0.05) is 12.1 Å². The summed E-state index contributed by atoms with van der Waals surface area (Å²) >= 11 is 4.74. The summed E-state index contributed by atoms with van der Waals surface area (Å²) in [5, 5.41) is 0. The van der Waals surface area contributed by atoms with E-state index in [1.165, 1.54) is 8.96 Å². The largest absolute Gasteiger partial charge is 0.737 e. The van der Waals surface area contributed by atoms with E-state index < -0.39 is 6.97 Å². The fraction of sp³-hybridized carbons (Fsp3) is 0.211. The molecule has 2 aliphatic heterocycles. The van der Waals surface area contributed by atoms with Crippen LogP contribution in [-0.2, 0) is 12.4 Å². The fourth-order valence-corrected chi connectivity index (χ4v) is 4.38. The molecule has 0 N–H and O–H groups in total. The molecule has 2 aliphatic rings. The van der Waals surface area contributed by atoms with Crippen LogP contribution < -0.4 is 0 Å². The van der Waals surface area contributed by atoms with E-state index >= 15 is 8.63 Å². The Labute approximate surface area is 156 Å². The molecule has 1 aromatic carbocycles. The summed E-state index contributed by atoms with van der Waals surface area (Å²) in [5.41, 5.74) is 6.38. The van der Waals surface area contributed by atoms with E-state index in [-0.39, 0.29) is 0 Å². The zero-order valence-corrected chi connectivity index (χ0v) is 15.9. The number of halogens is 2. The first-order chi connectivity index (χ1) is 12.3. The van der Waals surface area contributed by atoms with Gasteiger partial charge in [0.05, 0.1) is 11.3 Å². The van der Waals surface area contributed by atoms with Crippen molar-refractivity contribution in [3.8, 4) is 0 Å². The molecule has 0 bridgehead atoms. The Morgan fingerprint density at radius 3 is 2.35 bits per heavy atom. The molecule has 2 aromatic rings. The zero-order valence-electron chi connectivity index (χ0n) is 15.0. The van der Waals surface area contributed by atoms with Crippen LogP contribution in [0.5, 0.6) is 0 Å². The SMILES string of the molecule is CC1=CC(C)=[N+]2C1=C(c1ccc(N=S)cc1)c1c(C)cc(C)n1[B-]2(F)F. The Morgan fingerprint density at radius 1 is 1.08 bits per heavy atom. The molecule has 0 aliphatic carbocycles. The molecule has 0 saturated carbocycles. The summed E-state index contributed by atoms with van der Waals surface area (Å²) in [6, 6.07) is 9.26. The van der Waals surface area contributed by atoms with Crippen molar-refractivity contribution in [3.63, 3.8) is 0 Å². The van der Waals surface area contributed by atoms with Gasteiger partial charge in [-0.15, -0.1) is 0 Å². The van der Waals surface area contributed by atoms with Gasteiger partial charge in [0.25, 0.3) is 0 Å². The van der Waals surface area contributed by atoms with E-state index in [0.29, 0.717) is 28.5 Å². The predicted octanol–water partition coefficient (Wildman–Crippen LogP) is 4.90. The number of hydrogen-bond acceptors (Lipinski definition) is 2. The second-order valence-corrected chi connectivity index (χ2v) is 7.16. The molecule has 0 saturated heterocycles. The molecule has 0 fully saturated rings. The maximum absolute atomic E-state index is 15.5. The highest BCUT2D eigenvalue weighted by atomic mass is 32.1. The van der Waals surface area contributed by atoms with Gasteiger partial charge in [-0.3, -0.25) is 0 Å². The first-order valence-electron chi connectivity index (χ1n) is 8.48. The molecule has 132 valence electrons. The van der Waals surface area contributed by atoms with Crippen molar-refractivity contribution in [1.82, 2.24) is 4.48 Å². The minimum atomic E-state index is -3.94. The Bertz CT molecular complexity index is 1060. The molecule has 7 heteroatoms. The van der Waals surface area contributed by atoms with Crippen LogP contribution >= 0.6 is 0 Å². The van der Waals surface area contributed by atoms with Crippen LogP contribution in [0.25, 0.3) is 5.57 Å². The van der Waals surface area contributed by atoms with E-state index in [1.54, 1.807) is 13.8 Å². The summed E-state index contributed by atoms with van der Waals surface area (Å²) in [5.74, 6) is 0. The standard InChI is InChI=1S/C19H18BF2N3S/c1-11-9-13(3)24-18(11)17(15-5-7-16(23-26)8-6-15)19-12(2)10-14(4)25(19)20(24,21)22/h5-10H,1-4H3. The molecule has 0 atom stereocenters. The number of nitrogens with zero attached hydrogens (tertiary/aromatic N) is 3. The normalized spacial score (nSPS) is 18.0. The lowest BCUT2D eigenvalue weighted by Gasteiger charge is -2.34. The summed E-state index contributed by atoms with van der Waals surface area (Å²) < 4.78 is 37.2. The predicted molar refractivity (Wildman–Crippen MR) is 104 cm³/mol. The number of aromatic nitrogens is 1. The summed E-state index contributed by atoms with van der Waals surface area (Å²) in [4.78, 5) is 0. The molecule has 26 heavy (non-hydrogen) atoms. The first-order valence-corrected chi connectivity index (χ1v) is 8.84. The average molecular weight is 369 g/mol. The van der Waals surface area contributed by atoms with Gasteiger partial charge in [-0.05, 0) is 55.8 Å². The van der Waals surface area contributed by atoms with E-state index in [4.69, 9.17) is 12.4 Å². The molecule has 3 nitrogen and oxygen atoms in total. The molecule has 4 rings (SSSR count). The smallest absolute Gasteiger partial charge is 0.393 e. The zero-order chi connectivity index (χ0) is 18.8. The Hall–Kier alpha value is -2.41. The maximum atomic E-state index is 15.5. The highest BCUT2D eigenvalue weighted by molar-refractivity contribution is 7.47. The quantitative estimate of drug-likeness (QED) is 0.690. The van der Waals surface area contributed by atoms with Crippen LogP contribution in [0.1, 0.15) is 36.4 Å². The second-order valence-electron chi connectivity index (χ2n) is 6.98. The third-order valence-electron chi connectivity index (χ3n) is 5.20. The van der Waals surface area contributed by atoms with Crippen LogP contribution in [0.3, 0.4) is 0 Å². The van der Waals surface area contributed by atoms with Crippen molar-refractivity contribution in [1.29, 1.82) is 0 Å². The molecule has 0 amide bonds. The lowest BCUT2D eigenvalue weighted by molar-refractivity contribution is -0.363. The van der Waals surface area contributed by atoms with Gasteiger partial charge in [0, 0.05) is 36.7 Å². The highest BCUT2D eigenvalue weighted by Gasteiger charge is 2.55. The summed E-state index contributed by atoms with van der Waals surface area (Å²) in [7, 11) is 0. The van der Waals surface area contributed by atoms with Gasteiger partial charge < -0.3 is 17.6 Å². The van der Waals surface area contributed by atoms with Gasteiger partial charge >= 0.3 is 6.97 Å². The maximum Gasteiger partial charge on any atom is 0.737 e. The summed E-state index contributed by atoms with van der Waals surface area (Å²) in [6.45, 7) is 3.31. The van der Waals surface area contributed by atoms with Crippen molar-refractivity contribution in [2.45, 2.75) is 27.7 Å². The Kier molecular flexibility index (Phi) is 3.63. The number of hydrogen-bond donors (Lipinski definition) is 0. The van der Waals surface area contributed by atoms with E-state index in [9.17, 15) is 0 Å². The molecule has 1 aromatic heterocycles. The lowest BCUT2D eigenvalue weighted by atomic mass is 9.84. The third kappa shape index (κ3) is 2.13. The highest BCUT2D eigenvalue weighted by Crippen LogP contribution is 2.44. The van der Waals surface area contributed by atoms with Crippen LogP contribution in [-0.4, -0.2) is 21.6 Å². The number of rotatable bonds is 2. The van der Waals surface area contributed by atoms with Crippen LogP contribution in [0.2, 0.25) is 0 Å². The van der Waals surface area contributed by atoms with Crippen LogP contribution in [0, 0.1) is 13.8 Å². The lowest BCUT2D eigenvalue weighted by Crippen LogP contribution is -2.51. The van der Waals surface area contributed by atoms with Crippen LogP contribution in [0.4, 0.5) is 14.3 Å². The van der Waals surface area contributed by atoms with Gasteiger partial charge in [0.2, 0.25) is 0 Å². The topological polar surface area (TPSA) is 20.3 Å². The van der Waals surface area contributed by atoms with Crippen molar-refractivity contribution in [2.75, 3.05) is 0 Å². The van der Waals surface area contributed by atoms with Gasteiger partial charge in [0.15, 0.2) is 5.70 Å². The summed E-state index contributed by atoms with van der Waals surface area (Å²) in [6.07, 6.45) is 1.83. The van der Waals surface area contributed by atoms with Gasteiger partial charge in [0.1, 0.15) is 5.71 Å². The fourth-order valence-electron chi connectivity index (χ4n) is 4.26. The second kappa shape index (κ2) is 5.54. The average Bonchev–Trinajstić information content (AvgIpc) is 3.05. The minimum Gasteiger partial charge on any atom is -0.393 e. The van der Waals surface area contributed by atoms with E-state index in [1.807, 2.05) is 50.3 Å². The van der Waals surface area contributed by atoms with Crippen molar-refractivity contribution >= 4 is 36.4 Å². The van der Waals surface area contributed by atoms with Crippen molar-refractivity contribution in [3.05, 3.63) is 70.2 Å².